The lowest BCUT2D eigenvalue weighted by Gasteiger charge is -2.43. The smallest absolute Gasteiger partial charge is 0.261 e. The summed E-state index contributed by atoms with van der Waals surface area (Å²) < 4.78 is 11.9. The molecule has 7 nitrogen and oxygen atoms in total. The predicted octanol–water partition coefficient (Wildman–Crippen LogP) is 3.77. The number of likely N-dealkylation sites (N-methyl/N-ethyl adjacent to an activating group) is 1. The molecule has 1 amide bonds. The maximum atomic E-state index is 13.7. The molecule has 184 valence electrons. The summed E-state index contributed by atoms with van der Waals surface area (Å²) in [4.78, 5) is 20.0. The van der Waals surface area contributed by atoms with Gasteiger partial charge in [-0.25, -0.2) is 4.99 Å². The summed E-state index contributed by atoms with van der Waals surface area (Å²) in [7, 11) is 3.33. The molecule has 0 aliphatic carbocycles. The number of nitrogens with two attached hydrogens (primary N) is 1. The number of ether oxygens (including phenoxy) is 2. The topological polar surface area (TPSA) is 99.1 Å². The average Bonchev–Trinajstić information content (AvgIpc) is 3.71. The predicted molar refractivity (Wildman–Crippen MR) is 139 cm³/mol. The van der Waals surface area contributed by atoms with Crippen LogP contribution in [0.5, 0.6) is 11.5 Å². The molecule has 3 atom stereocenters. The highest BCUT2D eigenvalue weighted by molar-refractivity contribution is 6.07. The van der Waals surface area contributed by atoms with Crippen LogP contribution in [-0.4, -0.2) is 43.1 Å². The minimum absolute atomic E-state index is 0.126. The molecule has 1 saturated heterocycles. The highest BCUT2D eigenvalue weighted by atomic mass is 16.5. The molecule has 1 spiro atoms. The van der Waals surface area contributed by atoms with Gasteiger partial charge in [0.2, 0.25) is 0 Å². The molecule has 3 aromatic carbocycles. The zero-order valence-electron chi connectivity index (χ0n) is 20.7. The van der Waals surface area contributed by atoms with Gasteiger partial charge in [-0.05, 0) is 59.5 Å². The van der Waals surface area contributed by atoms with Gasteiger partial charge in [-0.1, -0.05) is 36.4 Å². The Morgan fingerprint density at radius 3 is 2.56 bits per heavy atom. The van der Waals surface area contributed by atoms with E-state index in [1.54, 1.807) is 14.2 Å². The Bertz CT molecular complexity index is 1380. The number of benzene rings is 3. The second-order valence-corrected chi connectivity index (χ2v) is 10.2. The Hall–Kier alpha value is -3.84. The lowest BCUT2D eigenvalue weighted by atomic mass is 9.74. The fourth-order valence-electron chi connectivity index (χ4n) is 5.55. The molecule has 3 N–H and O–H groups in total. The Morgan fingerprint density at radius 2 is 1.89 bits per heavy atom. The van der Waals surface area contributed by atoms with Crippen molar-refractivity contribution in [3.05, 3.63) is 83.4 Å². The van der Waals surface area contributed by atoms with Crippen molar-refractivity contribution in [1.82, 2.24) is 10.2 Å². The molecule has 2 unspecified atom stereocenters. The third-order valence-electron chi connectivity index (χ3n) is 7.49. The quantitative estimate of drug-likeness (QED) is 0.540. The van der Waals surface area contributed by atoms with Gasteiger partial charge in [0.05, 0.1) is 7.11 Å². The van der Waals surface area contributed by atoms with E-state index in [4.69, 9.17) is 20.2 Å². The number of rotatable bonds is 5. The number of amides is 1. The van der Waals surface area contributed by atoms with Crippen molar-refractivity contribution in [1.29, 1.82) is 0 Å². The Balaban J connectivity index is 1.42. The van der Waals surface area contributed by atoms with Crippen LogP contribution in [0.3, 0.4) is 0 Å². The number of methoxy groups -OCH3 is 1. The largest absolute Gasteiger partial charge is 0.497 e. The molecule has 1 fully saturated rings. The van der Waals surface area contributed by atoms with Crippen LogP contribution in [0, 0.1) is 0 Å². The molecule has 3 heterocycles. The molecule has 6 rings (SSSR count). The first-order valence-corrected chi connectivity index (χ1v) is 12.2. The molecular formula is C29H30N4O3. The molecule has 0 saturated carbocycles. The van der Waals surface area contributed by atoms with Crippen LogP contribution < -0.4 is 20.5 Å². The van der Waals surface area contributed by atoms with E-state index in [-0.39, 0.29) is 11.9 Å². The van der Waals surface area contributed by atoms with Gasteiger partial charge in [0.25, 0.3) is 5.91 Å². The summed E-state index contributed by atoms with van der Waals surface area (Å²) in [6, 6.07) is 22.9. The molecule has 7 heteroatoms. The standard InChI is InChI=1S/C29H30N4O3/c1-28(15-18-7-10-22(35-3)11-8-18)17-29(26(34)33(2)27(30)32-29)23-14-20(9-12-25(23)36-28)19-5-4-6-21(13-19)24-16-31-24/h4-14,24,31H,15-17H2,1-3H3,(H2,30,32)/t24?,28-,29?/m0/s1. The van der Waals surface area contributed by atoms with Crippen molar-refractivity contribution in [2.75, 3.05) is 20.7 Å². The minimum atomic E-state index is -1.13. The summed E-state index contributed by atoms with van der Waals surface area (Å²) in [6.45, 7) is 3.05. The highest BCUT2D eigenvalue weighted by Crippen LogP contribution is 2.50. The van der Waals surface area contributed by atoms with Crippen molar-refractivity contribution in [3.8, 4) is 22.6 Å². The molecule has 3 aromatic rings. The second kappa shape index (κ2) is 8.10. The summed E-state index contributed by atoms with van der Waals surface area (Å²) in [5.74, 6) is 1.57. The lowest BCUT2D eigenvalue weighted by molar-refractivity contribution is -0.133. The SMILES string of the molecule is COc1ccc(C[C@@]2(C)CC3(N=C(N)N(C)C3=O)c3cc(-c4cccc(C5CN5)c4)ccc3O2)cc1. The molecule has 3 aliphatic rings. The summed E-state index contributed by atoms with van der Waals surface area (Å²) in [5.41, 5.74) is 9.66. The van der Waals surface area contributed by atoms with Crippen LogP contribution in [0.4, 0.5) is 0 Å². The number of carbonyl (C=O) groups is 1. The molecule has 36 heavy (non-hydrogen) atoms. The Labute approximate surface area is 210 Å². The van der Waals surface area contributed by atoms with Gasteiger partial charge in [-0.2, -0.15) is 0 Å². The lowest BCUT2D eigenvalue weighted by Crippen LogP contribution is -2.51. The van der Waals surface area contributed by atoms with Gasteiger partial charge in [-0.15, -0.1) is 0 Å². The molecular weight excluding hydrogens is 452 g/mol. The Morgan fingerprint density at radius 1 is 1.14 bits per heavy atom. The summed E-state index contributed by atoms with van der Waals surface area (Å²) >= 11 is 0. The van der Waals surface area contributed by atoms with Gasteiger partial charge in [-0.3, -0.25) is 9.69 Å². The second-order valence-electron chi connectivity index (χ2n) is 10.2. The number of hydrogen-bond acceptors (Lipinski definition) is 6. The van der Waals surface area contributed by atoms with Crippen molar-refractivity contribution in [3.63, 3.8) is 0 Å². The van der Waals surface area contributed by atoms with Gasteiger partial charge in [0.15, 0.2) is 11.5 Å². The van der Waals surface area contributed by atoms with Crippen molar-refractivity contribution >= 4 is 11.9 Å². The van der Waals surface area contributed by atoms with E-state index in [1.165, 1.54) is 10.5 Å². The molecule has 0 radical (unpaired) electrons. The number of fused-ring (bicyclic) bond motifs is 2. The van der Waals surface area contributed by atoms with E-state index in [9.17, 15) is 4.79 Å². The third kappa shape index (κ3) is 3.71. The van der Waals surface area contributed by atoms with Crippen molar-refractivity contribution < 1.29 is 14.3 Å². The number of aliphatic imine (C=N–C) groups is 1. The number of carbonyl (C=O) groups excluding carboxylic acids is 1. The van der Waals surface area contributed by atoms with Crippen LogP contribution in [0.15, 0.2) is 71.7 Å². The third-order valence-corrected chi connectivity index (χ3v) is 7.49. The van der Waals surface area contributed by atoms with E-state index < -0.39 is 11.1 Å². The molecule has 0 bridgehead atoms. The first kappa shape index (κ1) is 22.6. The number of nitrogens with zero attached hydrogens (tertiary/aromatic N) is 2. The van der Waals surface area contributed by atoms with Crippen molar-refractivity contribution in [2.24, 2.45) is 10.7 Å². The minimum Gasteiger partial charge on any atom is -0.497 e. The van der Waals surface area contributed by atoms with E-state index >= 15 is 0 Å². The summed E-state index contributed by atoms with van der Waals surface area (Å²) in [6.07, 6.45) is 1.00. The fourth-order valence-corrected chi connectivity index (χ4v) is 5.55. The van der Waals surface area contributed by atoms with E-state index in [1.807, 2.05) is 37.3 Å². The maximum absolute atomic E-state index is 13.7. The van der Waals surface area contributed by atoms with Crippen LogP contribution in [0.25, 0.3) is 11.1 Å². The van der Waals surface area contributed by atoms with Gasteiger partial charge in [0.1, 0.15) is 17.1 Å². The monoisotopic (exact) mass is 482 g/mol. The first-order chi connectivity index (χ1) is 17.3. The number of hydrogen-bond donors (Lipinski definition) is 2. The van der Waals surface area contributed by atoms with Gasteiger partial charge >= 0.3 is 0 Å². The number of nitrogens with one attached hydrogen (secondary N) is 1. The average molecular weight is 483 g/mol. The van der Waals surface area contributed by atoms with E-state index in [0.29, 0.717) is 24.6 Å². The number of guanidine groups is 1. The Kier molecular flexibility index (Phi) is 5.09. The molecule has 3 aliphatic heterocycles. The zero-order chi connectivity index (χ0) is 25.1. The molecule has 0 aromatic heterocycles. The van der Waals surface area contributed by atoms with Gasteiger partial charge < -0.3 is 20.5 Å². The van der Waals surface area contributed by atoms with Crippen LogP contribution >= 0.6 is 0 Å². The first-order valence-electron chi connectivity index (χ1n) is 12.2. The zero-order valence-corrected chi connectivity index (χ0v) is 20.7. The van der Waals surface area contributed by atoms with E-state index in [0.717, 1.165) is 34.5 Å². The van der Waals surface area contributed by atoms with E-state index in [2.05, 4.69) is 41.7 Å². The van der Waals surface area contributed by atoms with Crippen LogP contribution in [0.2, 0.25) is 0 Å². The summed E-state index contributed by atoms with van der Waals surface area (Å²) in [5, 5.41) is 3.36. The maximum Gasteiger partial charge on any atom is 0.261 e. The van der Waals surface area contributed by atoms with Gasteiger partial charge in [0, 0.05) is 38.0 Å². The fraction of sp³-hybridized carbons (Fsp3) is 0.310. The van der Waals surface area contributed by atoms with Crippen LogP contribution in [0.1, 0.15) is 36.1 Å². The highest BCUT2D eigenvalue weighted by Gasteiger charge is 2.56. The van der Waals surface area contributed by atoms with Crippen LogP contribution in [-0.2, 0) is 16.8 Å². The normalized spacial score (nSPS) is 26.4. The van der Waals surface area contributed by atoms with Crippen molar-refractivity contribution in [2.45, 2.75) is 36.9 Å².